The van der Waals surface area contributed by atoms with Crippen molar-refractivity contribution in [1.29, 1.82) is 0 Å². The summed E-state index contributed by atoms with van der Waals surface area (Å²) in [5.74, 6) is -2.09. The SMILES string of the molecule is O=C(Nc1nc(CCl)cs1)c1ccc(F)cc1F. The fourth-order valence-corrected chi connectivity index (χ4v) is 2.20. The number of amides is 1. The Kier molecular flexibility index (Phi) is 3.88. The van der Waals surface area contributed by atoms with E-state index in [1.165, 1.54) is 11.3 Å². The molecular weight excluding hydrogens is 282 g/mol. The first-order valence-electron chi connectivity index (χ1n) is 4.87. The zero-order valence-corrected chi connectivity index (χ0v) is 10.5. The normalized spacial score (nSPS) is 10.4. The molecule has 0 unspecified atom stereocenters. The van der Waals surface area contributed by atoms with Crippen LogP contribution in [0.2, 0.25) is 0 Å². The number of carbonyl (C=O) groups is 1. The number of rotatable bonds is 3. The van der Waals surface area contributed by atoms with Gasteiger partial charge in [0, 0.05) is 11.4 Å². The number of nitrogens with one attached hydrogen (secondary N) is 1. The Balaban J connectivity index is 2.16. The molecule has 3 nitrogen and oxygen atoms in total. The van der Waals surface area contributed by atoms with E-state index in [9.17, 15) is 13.6 Å². The third-order valence-electron chi connectivity index (χ3n) is 2.08. The Bertz CT molecular complexity index is 588. The fraction of sp³-hybridized carbons (Fsp3) is 0.0909. The van der Waals surface area contributed by atoms with Gasteiger partial charge in [-0.3, -0.25) is 10.1 Å². The highest BCUT2D eigenvalue weighted by atomic mass is 35.5. The Morgan fingerprint density at radius 3 is 2.83 bits per heavy atom. The number of thiazole rings is 1. The van der Waals surface area contributed by atoms with Crippen LogP contribution in [0.4, 0.5) is 13.9 Å². The van der Waals surface area contributed by atoms with Crippen LogP contribution in [0.3, 0.4) is 0 Å². The lowest BCUT2D eigenvalue weighted by Crippen LogP contribution is -2.13. The van der Waals surface area contributed by atoms with Crippen LogP contribution in [-0.2, 0) is 5.88 Å². The zero-order chi connectivity index (χ0) is 13.1. The number of carbonyl (C=O) groups excluding carboxylic acids is 1. The molecule has 0 spiro atoms. The van der Waals surface area contributed by atoms with Gasteiger partial charge >= 0.3 is 0 Å². The molecule has 1 aromatic carbocycles. The minimum Gasteiger partial charge on any atom is -0.298 e. The molecule has 18 heavy (non-hydrogen) atoms. The van der Waals surface area contributed by atoms with E-state index in [1.54, 1.807) is 5.38 Å². The number of halogens is 3. The predicted octanol–water partition coefficient (Wildman–Crippen LogP) is 3.41. The van der Waals surface area contributed by atoms with Gasteiger partial charge in [-0.25, -0.2) is 13.8 Å². The minimum atomic E-state index is -0.915. The second kappa shape index (κ2) is 5.41. The molecule has 0 fully saturated rings. The van der Waals surface area contributed by atoms with Crippen molar-refractivity contribution in [2.24, 2.45) is 0 Å². The average Bonchev–Trinajstić information content (AvgIpc) is 2.76. The highest BCUT2D eigenvalue weighted by Gasteiger charge is 2.14. The highest BCUT2D eigenvalue weighted by molar-refractivity contribution is 7.14. The summed E-state index contributed by atoms with van der Waals surface area (Å²) in [7, 11) is 0. The minimum absolute atomic E-state index is 0.233. The Morgan fingerprint density at radius 2 is 2.22 bits per heavy atom. The zero-order valence-electron chi connectivity index (χ0n) is 8.91. The molecule has 1 heterocycles. The standard InChI is InChI=1S/C11H7ClF2N2OS/c12-4-7-5-18-11(15-7)16-10(17)8-2-1-6(13)3-9(8)14/h1-3,5H,4H2,(H,15,16,17). The lowest BCUT2D eigenvalue weighted by molar-refractivity contribution is 0.102. The Hall–Kier alpha value is -1.53. The summed E-state index contributed by atoms with van der Waals surface area (Å²) >= 11 is 6.75. The van der Waals surface area contributed by atoms with E-state index >= 15 is 0 Å². The second-order valence-electron chi connectivity index (χ2n) is 3.36. The largest absolute Gasteiger partial charge is 0.298 e. The van der Waals surface area contributed by atoms with Crippen molar-refractivity contribution in [1.82, 2.24) is 4.98 Å². The van der Waals surface area contributed by atoms with Crippen molar-refractivity contribution in [3.8, 4) is 0 Å². The lowest BCUT2D eigenvalue weighted by Gasteiger charge is -2.02. The number of hydrogen-bond acceptors (Lipinski definition) is 3. The van der Waals surface area contributed by atoms with Crippen LogP contribution >= 0.6 is 22.9 Å². The molecule has 7 heteroatoms. The van der Waals surface area contributed by atoms with Crippen LogP contribution in [0.1, 0.15) is 16.1 Å². The number of alkyl halides is 1. The van der Waals surface area contributed by atoms with E-state index < -0.39 is 17.5 Å². The maximum atomic E-state index is 13.3. The summed E-state index contributed by atoms with van der Waals surface area (Å²) in [6.07, 6.45) is 0. The van der Waals surface area contributed by atoms with Gasteiger partial charge < -0.3 is 0 Å². The van der Waals surface area contributed by atoms with E-state index in [-0.39, 0.29) is 11.4 Å². The average molecular weight is 289 g/mol. The highest BCUT2D eigenvalue weighted by Crippen LogP contribution is 2.18. The quantitative estimate of drug-likeness (QED) is 0.880. The van der Waals surface area contributed by atoms with E-state index in [4.69, 9.17) is 11.6 Å². The number of aromatic nitrogens is 1. The summed E-state index contributed by atoms with van der Waals surface area (Å²) < 4.78 is 26.0. The molecular formula is C11H7ClF2N2OS. The van der Waals surface area contributed by atoms with Gasteiger partial charge in [-0.15, -0.1) is 22.9 Å². The molecule has 0 aliphatic rings. The van der Waals surface area contributed by atoms with Crippen LogP contribution < -0.4 is 5.32 Å². The molecule has 2 aromatic rings. The van der Waals surface area contributed by atoms with Gasteiger partial charge in [0.1, 0.15) is 11.6 Å². The van der Waals surface area contributed by atoms with Crippen molar-refractivity contribution in [3.63, 3.8) is 0 Å². The topological polar surface area (TPSA) is 42.0 Å². The molecule has 1 aromatic heterocycles. The van der Waals surface area contributed by atoms with Crippen LogP contribution in [0.25, 0.3) is 0 Å². The van der Waals surface area contributed by atoms with Crippen molar-refractivity contribution >= 4 is 34.0 Å². The first-order chi connectivity index (χ1) is 8.60. The molecule has 0 aliphatic heterocycles. The number of hydrogen-bond donors (Lipinski definition) is 1. The molecule has 0 saturated heterocycles. The first kappa shape index (κ1) is 12.9. The monoisotopic (exact) mass is 288 g/mol. The Labute approximate surface area is 110 Å². The maximum Gasteiger partial charge on any atom is 0.260 e. The van der Waals surface area contributed by atoms with Crippen molar-refractivity contribution < 1.29 is 13.6 Å². The van der Waals surface area contributed by atoms with Crippen LogP contribution in [-0.4, -0.2) is 10.9 Å². The molecule has 0 saturated carbocycles. The summed E-state index contributed by atoms with van der Waals surface area (Å²) in [6, 6.07) is 2.75. The van der Waals surface area contributed by atoms with E-state index in [1.807, 2.05) is 0 Å². The van der Waals surface area contributed by atoms with Crippen molar-refractivity contribution in [3.05, 3.63) is 46.5 Å². The molecule has 2 rings (SSSR count). The third kappa shape index (κ3) is 2.83. The Morgan fingerprint density at radius 1 is 1.44 bits per heavy atom. The fourth-order valence-electron chi connectivity index (χ4n) is 1.26. The number of benzene rings is 1. The molecule has 94 valence electrons. The number of nitrogens with zero attached hydrogens (tertiary/aromatic N) is 1. The first-order valence-corrected chi connectivity index (χ1v) is 6.28. The van der Waals surface area contributed by atoms with Gasteiger partial charge in [0.15, 0.2) is 5.13 Å². The van der Waals surface area contributed by atoms with Crippen molar-refractivity contribution in [2.45, 2.75) is 5.88 Å². The van der Waals surface area contributed by atoms with Crippen LogP contribution in [0.5, 0.6) is 0 Å². The van der Waals surface area contributed by atoms with Gasteiger partial charge in [0.05, 0.1) is 17.1 Å². The second-order valence-corrected chi connectivity index (χ2v) is 4.48. The molecule has 0 atom stereocenters. The van der Waals surface area contributed by atoms with Crippen molar-refractivity contribution in [2.75, 3.05) is 5.32 Å². The van der Waals surface area contributed by atoms with Crippen LogP contribution in [0, 0.1) is 11.6 Å². The molecule has 0 bridgehead atoms. The van der Waals surface area contributed by atoms with Gasteiger partial charge in [-0.1, -0.05) is 0 Å². The smallest absolute Gasteiger partial charge is 0.260 e. The maximum absolute atomic E-state index is 13.3. The van der Waals surface area contributed by atoms with Gasteiger partial charge in [0.2, 0.25) is 0 Å². The van der Waals surface area contributed by atoms with Gasteiger partial charge in [0.25, 0.3) is 5.91 Å². The molecule has 1 amide bonds. The lowest BCUT2D eigenvalue weighted by atomic mass is 10.2. The molecule has 0 aliphatic carbocycles. The van der Waals surface area contributed by atoms with Gasteiger partial charge in [-0.2, -0.15) is 0 Å². The third-order valence-corrected chi connectivity index (χ3v) is 3.17. The molecule has 1 N–H and O–H groups in total. The summed E-state index contributed by atoms with van der Waals surface area (Å²) in [6.45, 7) is 0. The number of anilines is 1. The van der Waals surface area contributed by atoms with E-state index in [0.717, 1.165) is 12.1 Å². The van der Waals surface area contributed by atoms with Gasteiger partial charge in [-0.05, 0) is 12.1 Å². The van der Waals surface area contributed by atoms with Crippen LogP contribution in [0.15, 0.2) is 23.6 Å². The summed E-state index contributed by atoms with van der Waals surface area (Å²) in [4.78, 5) is 15.7. The summed E-state index contributed by atoms with van der Waals surface area (Å²) in [5, 5.41) is 4.42. The summed E-state index contributed by atoms with van der Waals surface area (Å²) in [5.41, 5.74) is 0.385. The predicted molar refractivity (Wildman–Crippen MR) is 66.0 cm³/mol. The molecule has 0 radical (unpaired) electrons. The van der Waals surface area contributed by atoms with E-state index in [2.05, 4.69) is 10.3 Å². The van der Waals surface area contributed by atoms with E-state index in [0.29, 0.717) is 16.9 Å².